The van der Waals surface area contributed by atoms with Crippen LogP contribution in [0.1, 0.15) is 22.7 Å². The minimum atomic E-state index is -0.884. The normalized spacial score (nSPS) is 12.5. The Bertz CT molecular complexity index is 600. The predicted octanol–water partition coefficient (Wildman–Crippen LogP) is 3.59. The van der Waals surface area contributed by atoms with Gasteiger partial charge >= 0.3 is 0 Å². The Kier molecular flexibility index (Phi) is 4.29. The van der Waals surface area contributed by atoms with Gasteiger partial charge in [0.15, 0.2) is 11.6 Å². The Hall–Kier alpha value is -1.30. The molecule has 0 spiro atoms. The molecule has 0 aromatic heterocycles. The van der Waals surface area contributed by atoms with Crippen molar-refractivity contribution in [2.75, 3.05) is 0 Å². The highest BCUT2D eigenvalue weighted by molar-refractivity contribution is 9.10. The molecular formula is C14H13BrF2N2. The van der Waals surface area contributed by atoms with Gasteiger partial charge in [0.2, 0.25) is 0 Å². The highest BCUT2D eigenvalue weighted by atomic mass is 79.9. The molecule has 2 aromatic rings. The molecule has 0 fully saturated rings. The van der Waals surface area contributed by atoms with E-state index < -0.39 is 17.7 Å². The Labute approximate surface area is 118 Å². The molecule has 0 saturated carbocycles. The fourth-order valence-corrected chi connectivity index (χ4v) is 2.39. The number of hydrazine groups is 1. The Morgan fingerprint density at radius 1 is 1.16 bits per heavy atom. The van der Waals surface area contributed by atoms with Crippen molar-refractivity contribution in [2.24, 2.45) is 5.84 Å². The van der Waals surface area contributed by atoms with Gasteiger partial charge < -0.3 is 0 Å². The number of nitrogens with two attached hydrogens (primary N) is 1. The Morgan fingerprint density at radius 3 is 2.58 bits per heavy atom. The third-order valence-corrected chi connectivity index (χ3v) is 3.50. The van der Waals surface area contributed by atoms with Gasteiger partial charge in [0.1, 0.15) is 0 Å². The summed E-state index contributed by atoms with van der Waals surface area (Å²) >= 11 is 3.36. The fraction of sp³-hybridized carbons (Fsp3) is 0.143. The molecule has 2 aromatic carbocycles. The smallest absolute Gasteiger partial charge is 0.163 e. The van der Waals surface area contributed by atoms with E-state index >= 15 is 0 Å². The van der Waals surface area contributed by atoms with Gasteiger partial charge in [-0.2, -0.15) is 0 Å². The maximum atomic E-state index is 13.9. The first kappa shape index (κ1) is 14.1. The van der Waals surface area contributed by atoms with Crippen molar-refractivity contribution >= 4 is 15.9 Å². The zero-order valence-electron chi connectivity index (χ0n) is 10.3. The lowest BCUT2D eigenvalue weighted by Gasteiger charge is -2.20. The van der Waals surface area contributed by atoms with Crippen LogP contribution >= 0.6 is 15.9 Å². The molecule has 19 heavy (non-hydrogen) atoms. The van der Waals surface area contributed by atoms with Crippen LogP contribution in [0.5, 0.6) is 0 Å². The maximum absolute atomic E-state index is 13.9. The highest BCUT2D eigenvalue weighted by Gasteiger charge is 2.20. The van der Waals surface area contributed by atoms with Gasteiger partial charge in [-0.05, 0) is 36.2 Å². The molecule has 0 saturated heterocycles. The van der Waals surface area contributed by atoms with E-state index in [1.807, 2.05) is 25.1 Å². The highest BCUT2D eigenvalue weighted by Crippen LogP contribution is 2.29. The summed E-state index contributed by atoms with van der Waals surface area (Å²) in [7, 11) is 0. The summed E-state index contributed by atoms with van der Waals surface area (Å²) in [5, 5.41) is 0. The maximum Gasteiger partial charge on any atom is 0.163 e. The van der Waals surface area contributed by atoms with E-state index in [-0.39, 0.29) is 5.56 Å². The molecule has 0 aliphatic heterocycles. The SMILES string of the molecule is Cc1ccc(Br)cc1C(NN)c1cccc(F)c1F. The number of hydrogen-bond donors (Lipinski definition) is 2. The molecule has 1 atom stereocenters. The molecule has 0 heterocycles. The molecule has 100 valence electrons. The van der Waals surface area contributed by atoms with E-state index in [9.17, 15) is 8.78 Å². The van der Waals surface area contributed by atoms with Gasteiger partial charge in [-0.1, -0.05) is 34.1 Å². The quantitative estimate of drug-likeness (QED) is 0.668. The summed E-state index contributed by atoms with van der Waals surface area (Å²) in [6, 6.07) is 9.07. The van der Waals surface area contributed by atoms with Crippen LogP contribution in [0.3, 0.4) is 0 Å². The van der Waals surface area contributed by atoms with Gasteiger partial charge in [0.25, 0.3) is 0 Å². The van der Waals surface area contributed by atoms with E-state index in [1.165, 1.54) is 12.1 Å². The standard InChI is InChI=1S/C14H13BrF2N2/c1-8-5-6-9(15)7-11(8)14(19-18)10-3-2-4-12(16)13(10)17/h2-7,14,19H,18H2,1H3. The fourth-order valence-electron chi connectivity index (χ4n) is 2.01. The van der Waals surface area contributed by atoms with Gasteiger partial charge in [0, 0.05) is 10.0 Å². The molecule has 3 N–H and O–H groups in total. The molecule has 2 rings (SSSR count). The molecule has 0 amide bonds. The number of aryl methyl sites for hydroxylation is 1. The molecular weight excluding hydrogens is 314 g/mol. The number of nitrogens with one attached hydrogen (secondary N) is 1. The Morgan fingerprint density at radius 2 is 1.89 bits per heavy atom. The zero-order valence-corrected chi connectivity index (χ0v) is 11.8. The minimum absolute atomic E-state index is 0.184. The summed E-state index contributed by atoms with van der Waals surface area (Å²) in [4.78, 5) is 0. The average Bonchev–Trinajstić information content (AvgIpc) is 2.39. The van der Waals surface area contributed by atoms with Gasteiger partial charge in [-0.15, -0.1) is 0 Å². The van der Waals surface area contributed by atoms with Crippen LogP contribution in [-0.2, 0) is 0 Å². The third kappa shape index (κ3) is 2.83. The second-order valence-corrected chi connectivity index (χ2v) is 5.16. The van der Waals surface area contributed by atoms with Crippen LogP contribution in [0, 0.1) is 18.6 Å². The number of halogens is 3. The lowest BCUT2D eigenvalue weighted by atomic mass is 9.95. The van der Waals surface area contributed by atoms with E-state index in [0.29, 0.717) is 0 Å². The molecule has 2 nitrogen and oxygen atoms in total. The Balaban J connectivity index is 2.56. The van der Waals surface area contributed by atoms with Crippen molar-refractivity contribution in [1.29, 1.82) is 0 Å². The summed E-state index contributed by atoms with van der Waals surface area (Å²) in [5.41, 5.74) is 4.46. The van der Waals surface area contributed by atoms with Crippen LogP contribution in [-0.4, -0.2) is 0 Å². The zero-order chi connectivity index (χ0) is 14.0. The van der Waals surface area contributed by atoms with Crippen LogP contribution < -0.4 is 11.3 Å². The first-order valence-electron chi connectivity index (χ1n) is 5.70. The average molecular weight is 327 g/mol. The lowest BCUT2D eigenvalue weighted by molar-refractivity contribution is 0.482. The van der Waals surface area contributed by atoms with E-state index in [0.717, 1.165) is 21.7 Å². The molecule has 5 heteroatoms. The molecule has 1 unspecified atom stereocenters. The van der Waals surface area contributed by atoms with Crippen LogP contribution in [0.15, 0.2) is 40.9 Å². The second-order valence-electron chi connectivity index (χ2n) is 4.24. The van der Waals surface area contributed by atoms with Crippen molar-refractivity contribution in [3.05, 3.63) is 69.2 Å². The largest absolute Gasteiger partial charge is 0.271 e. The van der Waals surface area contributed by atoms with Gasteiger partial charge in [-0.25, -0.2) is 14.2 Å². The van der Waals surface area contributed by atoms with Crippen LogP contribution in [0.25, 0.3) is 0 Å². The van der Waals surface area contributed by atoms with Crippen molar-refractivity contribution in [1.82, 2.24) is 5.43 Å². The van der Waals surface area contributed by atoms with Crippen LogP contribution in [0.2, 0.25) is 0 Å². The molecule has 0 bridgehead atoms. The van der Waals surface area contributed by atoms with Crippen molar-refractivity contribution in [3.8, 4) is 0 Å². The molecule has 0 radical (unpaired) electrons. The number of benzene rings is 2. The van der Waals surface area contributed by atoms with Crippen molar-refractivity contribution < 1.29 is 8.78 Å². The first-order valence-corrected chi connectivity index (χ1v) is 6.50. The summed E-state index contributed by atoms with van der Waals surface area (Å²) in [6.07, 6.45) is 0. The summed E-state index contributed by atoms with van der Waals surface area (Å²) in [6.45, 7) is 1.89. The number of hydrogen-bond acceptors (Lipinski definition) is 2. The van der Waals surface area contributed by atoms with Gasteiger partial charge in [-0.3, -0.25) is 5.84 Å². The third-order valence-electron chi connectivity index (χ3n) is 3.01. The minimum Gasteiger partial charge on any atom is -0.271 e. The molecule has 0 aliphatic rings. The van der Waals surface area contributed by atoms with Gasteiger partial charge in [0.05, 0.1) is 6.04 Å². The predicted molar refractivity (Wildman–Crippen MR) is 74.4 cm³/mol. The van der Waals surface area contributed by atoms with Crippen LogP contribution in [0.4, 0.5) is 8.78 Å². The summed E-state index contributed by atoms with van der Waals surface area (Å²) in [5.74, 6) is 3.75. The monoisotopic (exact) mass is 326 g/mol. The molecule has 0 aliphatic carbocycles. The lowest BCUT2D eigenvalue weighted by Crippen LogP contribution is -2.30. The van der Waals surface area contributed by atoms with Crippen molar-refractivity contribution in [2.45, 2.75) is 13.0 Å². The topological polar surface area (TPSA) is 38.0 Å². The second kappa shape index (κ2) is 5.77. The summed E-state index contributed by atoms with van der Waals surface area (Å²) < 4.78 is 28.0. The van der Waals surface area contributed by atoms with E-state index in [2.05, 4.69) is 21.4 Å². The number of rotatable bonds is 3. The van der Waals surface area contributed by atoms with E-state index in [1.54, 1.807) is 0 Å². The van der Waals surface area contributed by atoms with Crippen molar-refractivity contribution in [3.63, 3.8) is 0 Å². The first-order chi connectivity index (χ1) is 9.04. The van der Waals surface area contributed by atoms with E-state index in [4.69, 9.17) is 5.84 Å².